The Morgan fingerprint density at radius 1 is 1.10 bits per heavy atom. The zero-order valence-corrected chi connectivity index (χ0v) is 14.8. The molecule has 0 saturated heterocycles. The van der Waals surface area contributed by atoms with Crippen molar-refractivity contribution in [2.24, 2.45) is 11.3 Å². The smallest absolute Gasteiger partial charge is 0.00967 e. The van der Waals surface area contributed by atoms with E-state index in [0.29, 0.717) is 5.41 Å². The first-order chi connectivity index (χ1) is 10.2. The van der Waals surface area contributed by atoms with Crippen LogP contribution in [0.2, 0.25) is 0 Å². The maximum atomic E-state index is 3.76. The predicted octanol–water partition coefficient (Wildman–Crippen LogP) is 4.45. The van der Waals surface area contributed by atoms with Crippen molar-refractivity contribution in [3.05, 3.63) is 0 Å². The highest BCUT2D eigenvalue weighted by molar-refractivity contribution is 4.92. The van der Waals surface area contributed by atoms with E-state index in [2.05, 4.69) is 31.0 Å². The maximum Gasteiger partial charge on any atom is 0.00967 e. The second-order valence-electron chi connectivity index (χ2n) is 8.15. The van der Waals surface area contributed by atoms with Gasteiger partial charge in [0.25, 0.3) is 0 Å². The Kier molecular flexibility index (Phi) is 7.01. The van der Waals surface area contributed by atoms with E-state index >= 15 is 0 Å². The van der Waals surface area contributed by atoms with Gasteiger partial charge in [0.15, 0.2) is 0 Å². The predicted molar refractivity (Wildman–Crippen MR) is 92.7 cm³/mol. The summed E-state index contributed by atoms with van der Waals surface area (Å²) in [6, 6.07) is 0.915. The summed E-state index contributed by atoms with van der Waals surface area (Å²) in [7, 11) is 0. The molecular formula is C19H38N2. The first-order valence-corrected chi connectivity index (χ1v) is 9.60. The van der Waals surface area contributed by atoms with Gasteiger partial charge < -0.3 is 5.32 Å². The Morgan fingerprint density at radius 3 is 2.29 bits per heavy atom. The van der Waals surface area contributed by atoms with Gasteiger partial charge in [-0.15, -0.1) is 0 Å². The molecule has 0 aliphatic heterocycles. The zero-order valence-electron chi connectivity index (χ0n) is 14.8. The number of nitrogens with one attached hydrogen (secondary N) is 1. The lowest BCUT2D eigenvalue weighted by Crippen LogP contribution is -2.46. The van der Waals surface area contributed by atoms with Crippen molar-refractivity contribution in [1.29, 1.82) is 0 Å². The minimum absolute atomic E-state index is 0.559. The van der Waals surface area contributed by atoms with E-state index in [1.807, 2.05) is 0 Å². The second kappa shape index (κ2) is 8.53. The van der Waals surface area contributed by atoms with E-state index in [-0.39, 0.29) is 0 Å². The molecule has 2 saturated carbocycles. The molecule has 0 atom stereocenters. The zero-order chi connectivity index (χ0) is 15.1. The van der Waals surface area contributed by atoms with Gasteiger partial charge in [-0.2, -0.15) is 0 Å². The fraction of sp³-hybridized carbons (Fsp3) is 1.00. The maximum absolute atomic E-state index is 3.76. The van der Waals surface area contributed by atoms with Crippen LogP contribution < -0.4 is 5.32 Å². The van der Waals surface area contributed by atoms with Crippen molar-refractivity contribution in [2.75, 3.05) is 26.2 Å². The van der Waals surface area contributed by atoms with Crippen LogP contribution in [0.3, 0.4) is 0 Å². The molecule has 2 aliphatic carbocycles. The SMILES string of the molecule is CCCNCC1(CN(CC(C)C)C2CC2)CCCCCC1. The number of hydrogen-bond donors (Lipinski definition) is 1. The lowest BCUT2D eigenvalue weighted by molar-refractivity contribution is 0.111. The highest BCUT2D eigenvalue weighted by Crippen LogP contribution is 2.38. The molecule has 2 rings (SSSR count). The Morgan fingerprint density at radius 2 is 1.76 bits per heavy atom. The third kappa shape index (κ3) is 5.90. The lowest BCUT2D eigenvalue weighted by Gasteiger charge is -2.39. The molecule has 0 aromatic carbocycles. The molecule has 0 amide bonds. The molecule has 21 heavy (non-hydrogen) atoms. The van der Waals surface area contributed by atoms with Gasteiger partial charge in [-0.25, -0.2) is 0 Å². The second-order valence-corrected chi connectivity index (χ2v) is 8.15. The molecule has 0 aromatic heterocycles. The first-order valence-electron chi connectivity index (χ1n) is 9.60. The molecule has 124 valence electrons. The summed E-state index contributed by atoms with van der Waals surface area (Å²) < 4.78 is 0. The van der Waals surface area contributed by atoms with Crippen LogP contribution in [-0.2, 0) is 0 Å². The third-order valence-corrected chi connectivity index (χ3v) is 5.29. The average molecular weight is 295 g/mol. The average Bonchev–Trinajstić information content (AvgIpc) is 3.26. The van der Waals surface area contributed by atoms with Crippen molar-refractivity contribution in [3.63, 3.8) is 0 Å². The standard InChI is InChI=1S/C19H38N2/c1-4-13-20-15-19(11-7-5-6-8-12-19)16-21(14-17(2)3)18-9-10-18/h17-18,20H,4-16H2,1-3H3. The number of hydrogen-bond acceptors (Lipinski definition) is 2. The molecule has 2 aliphatic rings. The molecule has 0 radical (unpaired) electrons. The van der Waals surface area contributed by atoms with E-state index in [0.717, 1.165) is 12.0 Å². The topological polar surface area (TPSA) is 15.3 Å². The molecule has 0 bridgehead atoms. The van der Waals surface area contributed by atoms with Gasteiger partial charge in [-0.3, -0.25) is 4.90 Å². The third-order valence-electron chi connectivity index (χ3n) is 5.29. The molecule has 2 heteroatoms. The Labute approximate surface area is 133 Å². The van der Waals surface area contributed by atoms with Crippen LogP contribution >= 0.6 is 0 Å². The normalized spacial score (nSPS) is 22.7. The highest BCUT2D eigenvalue weighted by atomic mass is 15.2. The summed E-state index contributed by atoms with van der Waals surface area (Å²) in [6.07, 6.45) is 12.9. The van der Waals surface area contributed by atoms with Gasteiger partial charge in [-0.05, 0) is 50.0 Å². The fourth-order valence-electron chi connectivity index (χ4n) is 4.08. The van der Waals surface area contributed by atoms with Gasteiger partial charge in [0, 0.05) is 25.7 Å². The molecule has 2 fully saturated rings. The van der Waals surface area contributed by atoms with Crippen LogP contribution in [0, 0.1) is 11.3 Å². The molecular weight excluding hydrogens is 256 g/mol. The van der Waals surface area contributed by atoms with Gasteiger partial charge in [0.1, 0.15) is 0 Å². The number of rotatable bonds is 9. The summed E-state index contributed by atoms with van der Waals surface area (Å²) in [5.74, 6) is 0.803. The summed E-state index contributed by atoms with van der Waals surface area (Å²) in [5.41, 5.74) is 0.559. The quantitative estimate of drug-likeness (QED) is 0.499. The van der Waals surface area contributed by atoms with E-state index in [1.165, 1.54) is 84.0 Å². The van der Waals surface area contributed by atoms with Gasteiger partial charge in [0.05, 0.1) is 0 Å². The molecule has 0 unspecified atom stereocenters. The molecule has 1 N–H and O–H groups in total. The van der Waals surface area contributed by atoms with Crippen molar-refractivity contribution in [2.45, 2.75) is 84.6 Å². The van der Waals surface area contributed by atoms with Crippen LogP contribution in [-0.4, -0.2) is 37.1 Å². The summed E-state index contributed by atoms with van der Waals surface area (Å²) in [4.78, 5) is 2.85. The largest absolute Gasteiger partial charge is 0.316 e. The van der Waals surface area contributed by atoms with Crippen LogP contribution in [0.5, 0.6) is 0 Å². The molecule has 0 heterocycles. The minimum atomic E-state index is 0.559. The van der Waals surface area contributed by atoms with E-state index in [9.17, 15) is 0 Å². The van der Waals surface area contributed by atoms with Crippen molar-refractivity contribution in [3.8, 4) is 0 Å². The van der Waals surface area contributed by atoms with Crippen molar-refractivity contribution < 1.29 is 0 Å². The number of nitrogens with zero attached hydrogens (tertiary/aromatic N) is 1. The Balaban J connectivity index is 1.98. The Hall–Kier alpha value is -0.0800. The van der Waals surface area contributed by atoms with E-state index in [1.54, 1.807) is 0 Å². The van der Waals surface area contributed by atoms with Crippen LogP contribution in [0.4, 0.5) is 0 Å². The van der Waals surface area contributed by atoms with Gasteiger partial charge in [-0.1, -0.05) is 46.5 Å². The summed E-state index contributed by atoms with van der Waals surface area (Å²) in [6.45, 7) is 12.1. The lowest BCUT2D eigenvalue weighted by atomic mass is 9.79. The highest BCUT2D eigenvalue weighted by Gasteiger charge is 2.37. The van der Waals surface area contributed by atoms with Crippen LogP contribution in [0.1, 0.15) is 78.6 Å². The minimum Gasteiger partial charge on any atom is -0.316 e. The summed E-state index contributed by atoms with van der Waals surface area (Å²) in [5, 5.41) is 3.76. The Bertz CT molecular complexity index is 275. The first kappa shape index (κ1) is 17.3. The van der Waals surface area contributed by atoms with Crippen molar-refractivity contribution in [1.82, 2.24) is 10.2 Å². The van der Waals surface area contributed by atoms with E-state index < -0.39 is 0 Å². The monoisotopic (exact) mass is 294 g/mol. The van der Waals surface area contributed by atoms with Crippen LogP contribution in [0.15, 0.2) is 0 Å². The van der Waals surface area contributed by atoms with E-state index in [4.69, 9.17) is 0 Å². The van der Waals surface area contributed by atoms with Gasteiger partial charge in [0.2, 0.25) is 0 Å². The molecule has 2 nitrogen and oxygen atoms in total. The van der Waals surface area contributed by atoms with Crippen LogP contribution in [0.25, 0.3) is 0 Å². The van der Waals surface area contributed by atoms with Crippen molar-refractivity contribution >= 4 is 0 Å². The summed E-state index contributed by atoms with van der Waals surface area (Å²) >= 11 is 0. The molecule has 0 spiro atoms. The van der Waals surface area contributed by atoms with Gasteiger partial charge >= 0.3 is 0 Å². The molecule has 0 aromatic rings. The fourth-order valence-corrected chi connectivity index (χ4v) is 4.08.